The number of ether oxygens (including phenoxy) is 3. The summed E-state index contributed by atoms with van der Waals surface area (Å²) in [5, 5.41) is 11.2. The third kappa shape index (κ3) is 3.90. The Hall–Kier alpha value is -2.95. The predicted octanol–water partition coefficient (Wildman–Crippen LogP) is 1.76. The van der Waals surface area contributed by atoms with Crippen LogP contribution in [-0.2, 0) is 32.0 Å². The number of methoxy groups -OCH3 is 1. The number of amides is 1. The molecule has 1 spiro atoms. The first kappa shape index (κ1) is 26.3. The smallest absolute Gasteiger partial charge is 0.228 e. The number of likely N-dealkylation sites (N-methyl/N-ethyl adjacent to an activating group) is 1. The van der Waals surface area contributed by atoms with E-state index in [0.29, 0.717) is 42.0 Å². The lowest BCUT2D eigenvalue weighted by molar-refractivity contribution is -0.156. The molecule has 2 aliphatic heterocycles. The minimum Gasteiger partial charge on any atom is -0.507 e. The summed E-state index contributed by atoms with van der Waals surface area (Å²) in [5.41, 5.74) is 6.84. The number of nitrogens with zero attached hydrogens (tertiary/aromatic N) is 2. The lowest BCUT2D eigenvalue weighted by Crippen LogP contribution is -2.64. The molecule has 39 heavy (non-hydrogen) atoms. The highest BCUT2D eigenvalue weighted by Crippen LogP contribution is 2.58. The molecule has 1 aromatic rings. The van der Waals surface area contributed by atoms with E-state index >= 15 is 0 Å². The van der Waals surface area contributed by atoms with E-state index in [1.807, 2.05) is 19.0 Å². The van der Waals surface area contributed by atoms with Crippen molar-refractivity contribution in [3.8, 4) is 11.5 Å². The summed E-state index contributed by atoms with van der Waals surface area (Å²) in [6, 6.07) is 1.04. The zero-order valence-electron chi connectivity index (χ0n) is 22.8. The predicted molar refractivity (Wildman–Crippen MR) is 140 cm³/mol. The summed E-state index contributed by atoms with van der Waals surface area (Å²) < 4.78 is 18.1. The Bertz CT molecular complexity index is 1270. The van der Waals surface area contributed by atoms with Crippen molar-refractivity contribution in [2.45, 2.75) is 56.7 Å². The number of nitrogens with two attached hydrogens (primary N) is 1. The van der Waals surface area contributed by atoms with Crippen LogP contribution in [0, 0.1) is 17.8 Å². The van der Waals surface area contributed by atoms with E-state index in [1.165, 1.54) is 6.42 Å². The molecule has 0 bridgehead atoms. The summed E-state index contributed by atoms with van der Waals surface area (Å²) in [4.78, 5) is 44.1. The number of phenolic OH excluding ortho intramolecular Hbond substituents is 1. The van der Waals surface area contributed by atoms with Crippen LogP contribution in [0.5, 0.6) is 11.5 Å². The van der Waals surface area contributed by atoms with Crippen LogP contribution >= 0.6 is 0 Å². The SMILES string of the molecule is COc1c(CN2CCCCC2)cc(O)c2c1CC1CC3C(N(C)C)C(=O)C(C(N)=O)CC34OCOC4=C1C2=O. The van der Waals surface area contributed by atoms with Gasteiger partial charge in [0.2, 0.25) is 5.91 Å². The number of Topliss-reactive ketones (excluding diaryl/α,β-unsaturated/α-hetero) is 2. The average Bonchev–Trinajstić information content (AvgIpc) is 3.31. The minimum atomic E-state index is -1.10. The van der Waals surface area contributed by atoms with Crippen LogP contribution in [0.2, 0.25) is 0 Å². The fourth-order valence-electron chi connectivity index (χ4n) is 7.91. The highest BCUT2D eigenvalue weighted by atomic mass is 16.7. The maximum Gasteiger partial charge on any atom is 0.228 e. The van der Waals surface area contributed by atoms with Gasteiger partial charge in [-0.25, -0.2) is 0 Å². The van der Waals surface area contributed by atoms with Crippen molar-refractivity contribution in [1.29, 1.82) is 0 Å². The van der Waals surface area contributed by atoms with Gasteiger partial charge in [0.15, 0.2) is 18.4 Å². The van der Waals surface area contributed by atoms with E-state index in [1.54, 1.807) is 13.2 Å². The Morgan fingerprint density at radius 3 is 2.67 bits per heavy atom. The standard InChI is InChI=1S/C29H37N3O7/c1-31(2)23-19-10-15-9-17-22(20(33)11-16(26(17)37-3)13-32-7-5-4-6-8-32)25(35)21(15)27-29(19,39-14-38-27)12-18(24(23)34)28(30)36/h11,15,18-19,23,33H,4-10,12-14H2,1-3H3,(H2,30,36). The number of ketones is 2. The Balaban J connectivity index is 1.47. The Morgan fingerprint density at radius 2 is 2.00 bits per heavy atom. The van der Waals surface area contributed by atoms with Gasteiger partial charge in [0, 0.05) is 35.6 Å². The van der Waals surface area contributed by atoms with Gasteiger partial charge in [-0.05, 0) is 64.9 Å². The number of aromatic hydroxyl groups is 1. The Morgan fingerprint density at radius 1 is 1.26 bits per heavy atom. The van der Waals surface area contributed by atoms with E-state index in [4.69, 9.17) is 19.9 Å². The number of fused-ring (bicyclic) bond motifs is 2. The van der Waals surface area contributed by atoms with Gasteiger partial charge in [-0.3, -0.25) is 24.2 Å². The van der Waals surface area contributed by atoms with Gasteiger partial charge in [0.05, 0.1) is 18.7 Å². The van der Waals surface area contributed by atoms with E-state index in [2.05, 4.69) is 4.90 Å². The quantitative estimate of drug-likeness (QED) is 0.537. The van der Waals surface area contributed by atoms with Crippen molar-refractivity contribution < 1.29 is 33.7 Å². The Kier molecular flexibility index (Phi) is 6.47. The van der Waals surface area contributed by atoms with Gasteiger partial charge in [0.25, 0.3) is 0 Å². The topological polar surface area (TPSA) is 132 Å². The molecular formula is C29H37N3O7. The molecule has 0 aromatic heterocycles. The zero-order chi connectivity index (χ0) is 27.6. The molecule has 1 amide bonds. The number of carbonyl (C=O) groups excluding carboxylic acids is 3. The van der Waals surface area contributed by atoms with Gasteiger partial charge in [-0.2, -0.15) is 0 Å². The number of carbonyl (C=O) groups is 3. The van der Waals surface area contributed by atoms with Crippen LogP contribution < -0.4 is 10.5 Å². The van der Waals surface area contributed by atoms with Gasteiger partial charge in [0.1, 0.15) is 28.8 Å². The molecule has 3 fully saturated rings. The molecule has 3 N–H and O–H groups in total. The lowest BCUT2D eigenvalue weighted by Gasteiger charge is -2.52. The van der Waals surface area contributed by atoms with Gasteiger partial charge < -0.3 is 25.1 Å². The van der Waals surface area contributed by atoms with Crippen molar-refractivity contribution in [3.63, 3.8) is 0 Å². The number of allylic oxidation sites excluding steroid dienone is 1. The molecule has 3 aliphatic carbocycles. The highest BCUT2D eigenvalue weighted by Gasteiger charge is 2.65. The van der Waals surface area contributed by atoms with E-state index in [-0.39, 0.29) is 47.9 Å². The van der Waals surface area contributed by atoms with E-state index < -0.39 is 23.5 Å². The van der Waals surface area contributed by atoms with E-state index in [0.717, 1.165) is 31.5 Å². The summed E-state index contributed by atoms with van der Waals surface area (Å²) in [7, 11) is 5.23. The first-order chi connectivity index (χ1) is 18.7. The van der Waals surface area contributed by atoms with Crippen molar-refractivity contribution >= 4 is 17.5 Å². The molecule has 2 heterocycles. The molecule has 5 unspecified atom stereocenters. The first-order valence-electron chi connectivity index (χ1n) is 13.9. The van der Waals surface area contributed by atoms with E-state index in [9.17, 15) is 19.5 Å². The second-order valence-corrected chi connectivity index (χ2v) is 11.9. The van der Waals surface area contributed by atoms with Crippen molar-refractivity contribution in [3.05, 3.63) is 34.1 Å². The monoisotopic (exact) mass is 539 g/mol. The number of likely N-dealkylation sites (tertiary alicyclic amines) is 1. The van der Waals surface area contributed by atoms with Crippen molar-refractivity contribution in [2.24, 2.45) is 23.5 Å². The van der Waals surface area contributed by atoms with Crippen LogP contribution in [-0.4, -0.2) is 85.1 Å². The summed E-state index contributed by atoms with van der Waals surface area (Å²) in [5.74, 6) is -1.89. The molecule has 1 aromatic carbocycles. The Labute approximate surface area is 228 Å². The third-order valence-corrected chi connectivity index (χ3v) is 9.52. The fraction of sp³-hybridized carbons (Fsp3) is 0.621. The normalized spacial score (nSPS) is 32.3. The summed E-state index contributed by atoms with van der Waals surface area (Å²) in [6.45, 7) is 2.55. The number of benzene rings is 1. The van der Waals surface area contributed by atoms with Crippen LogP contribution in [0.1, 0.15) is 53.6 Å². The second-order valence-electron chi connectivity index (χ2n) is 11.9. The number of phenols is 1. The molecule has 10 nitrogen and oxygen atoms in total. The molecule has 5 aliphatic rings. The molecule has 10 heteroatoms. The van der Waals surface area contributed by atoms with Crippen LogP contribution in [0.4, 0.5) is 0 Å². The highest BCUT2D eigenvalue weighted by molar-refractivity contribution is 6.14. The molecule has 210 valence electrons. The number of hydrogen-bond acceptors (Lipinski definition) is 9. The average molecular weight is 540 g/mol. The second kappa shape index (κ2) is 9.60. The third-order valence-electron chi connectivity index (χ3n) is 9.52. The maximum absolute atomic E-state index is 14.2. The zero-order valence-corrected chi connectivity index (χ0v) is 22.8. The number of hydrogen-bond donors (Lipinski definition) is 2. The van der Waals surface area contributed by atoms with Crippen molar-refractivity contribution in [1.82, 2.24) is 9.80 Å². The molecule has 0 radical (unpaired) electrons. The van der Waals surface area contributed by atoms with Crippen molar-refractivity contribution in [2.75, 3.05) is 41.1 Å². The van der Waals surface area contributed by atoms with Crippen LogP contribution in [0.15, 0.2) is 17.4 Å². The molecular weight excluding hydrogens is 502 g/mol. The molecule has 2 saturated heterocycles. The molecule has 6 rings (SSSR count). The van der Waals surface area contributed by atoms with Gasteiger partial charge in [-0.15, -0.1) is 0 Å². The lowest BCUT2D eigenvalue weighted by atomic mass is 9.57. The van der Waals surface area contributed by atoms with Crippen LogP contribution in [0.3, 0.4) is 0 Å². The maximum atomic E-state index is 14.2. The molecule has 1 saturated carbocycles. The molecule has 5 atom stereocenters. The number of primary amides is 1. The van der Waals surface area contributed by atoms with Gasteiger partial charge in [-0.1, -0.05) is 6.42 Å². The van der Waals surface area contributed by atoms with Crippen LogP contribution in [0.25, 0.3) is 0 Å². The summed E-state index contributed by atoms with van der Waals surface area (Å²) >= 11 is 0. The summed E-state index contributed by atoms with van der Waals surface area (Å²) in [6.07, 6.45) is 4.52. The fourth-order valence-corrected chi connectivity index (χ4v) is 7.91. The largest absolute Gasteiger partial charge is 0.507 e. The minimum absolute atomic E-state index is 0.0476. The number of rotatable bonds is 5. The number of piperidine rings is 1. The van der Waals surface area contributed by atoms with Gasteiger partial charge >= 0.3 is 0 Å². The first-order valence-corrected chi connectivity index (χ1v) is 13.9.